The third-order valence-corrected chi connectivity index (χ3v) is 3.91. The van der Waals surface area contributed by atoms with Gasteiger partial charge in [-0.1, -0.05) is 36.4 Å². The molecule has 5 nitrogen and oxygen atoms in total. The summed E-state index contributed by atoms with van der Waals surface area (Å²) in [5.74, 6) is 0.668. The molecule has 0 amide bonds. The maximum atomic E-state index is 5.63. The molecule has 1 N–H and O–H groups in total. The quantitative estimate of drug-likeness (QED) is 0.680. The highest BCUT2D eigenvalue weighted by atomic mass is 32.1. The predicted molar refractivity (Wildman–Crippen MR) is 85.1 cm³/mol. The van der Waals surface area contributed by atoms with Crippen LogP contribution in [0.25, 0.3) is 16.5 Å². The zero-order valence-corrected chi connectivity index (χ0v) is 12.2. The number of para-hydroxylation sites is 2. The number of rotatable bonds is 1. The van der Waals surface area contributed by atoms with Crippen LogP contribution in [0.4, 0.5) is 0 Å². The van der Waals surface area contributed by atoms with Gasteiger partial charge in [0.2, 0.25) is 0 Å². The molecule has 6 heteroatoms. The Morgan fingerprint density at radius 3 is 2.86 bits per heavy atom. The van der Waals surface area contributed by atoms with Crippen LogP contribution in [-0.2, 0) is 0 Å². The molecule has 2 aromatic carbocycles. The maximum Gasteiger partial charge on any atom is 0.167 e. The van der Waals surface area contributed by atoms with Gasteiger partial charge in [0.25, 0.3) is 0 Å². The normalized spacial score (nSPS) is 13.0. The Morgan fingerprint density at radius 2 is 1.86 bits per heavy atom. The Morgan fingerprint density at radius 1 is 1.00 bits per heavy atom. The fourth-order valence-corrected chi connectivity index (χ4v) is 2.85. The molecule has 2 heterocycles. The van der Waals surface area contributed by atoms with Gasteiger partial charge in [-0.25, -0.2) is 0 Å². The van der Waals surface area contributed by atoms with Gasteiger partial charge in [0, 0.05) is 21.8 Å². The molecule has 0 unspecified atom stereocenters. The Labute approximate surface area is 130 Å². The van der Waals surface area contributed by atoms with E-state index in [9.17, 15) is 0 Å². The number of hydrogen-bond acceptors (Lipinski definition) is 5. The van der Waals surface area contributed by atoms with E-state index in [0.717, 1.165) is 27.8 Å². The predicted octanol–water partition coefficient (Wildman–Crippen LogP) is 5.10. The molecule has 0 saturated carbocycles. The number of hydrogen-bond donors (Lipinski definition) is 1. The van der Waals surface area contributed by atoms with Crippen LogP contribution in [0.3, 0.4) is 0 Å². The van der Waals surface area contributed by atoms with Gasteiger partial charge < -0.3 is 8.69 Å². The van der Waals surface area contributed by atoms with E-state index in [1.54, 1.807) is 6.20 Å². The van der Waals surface area contributed by atoms with Gasteiger partial charge in [-0.3, -0.25) is 4.37 Å². The number of nitrogens with one attached hydrogen (secondary N) is 1. The first-order valence-corrected chi connectivity index (χ1v) is 7.43. The van der Waals surface area contributed by atoms with E-state index in [1.165, 1.54) is 11.8 Å². The van der Waals surface area contributed by atoms with Gasteiger partial charge in [0.1, 0.15) is 11.8 Å². The van der Waals surface area contributed by atoms with Crippen molar-refractivity contribution in [3.8, 4) is 5.75 Å². The van der Waals surface area contributed by atoms with E-state index in [1.807, 2.05) is 54.6 Å². The zero-order chi connectivity index (χ0) is 14.8. The number of benzene rings is 2. The number of H-pyrrole nitrogens is 1. The molecule has 3 aromatic rings. The van der Waals surface area contributed by atoms with Gasteiger partial charge in [-0.15, -0.1) is 5.11 Å². The van der Waals surface area contributed by atoms with Gasteiger partial charge in [0.05, 0.1) is 11.9 Å². The van der Waals surface area contributed by atoms with Crippen molar-refractivity contribution in [2.24, 2.45) is 10.4 Å². The second-order valence-electron chi connectivity index (χ2n) is 4.69. The summed E-state index contributed by atoms with van der Waals surface area (Å²) < 4.78 is 8.83. The van der Waals surface area contributed by atoms with Crippen LogP contribution in [0, 0.1) is 0 Å². The summed E-state index contributed by atoms with van der Waals surface area (Å²) in [4.78, 5) is 5.28. The minimum absolute atomic E-state index is 0.668. The summed E-state index contributed by atoms with van der Waals surface area (Å²) in [6.07, 6.45) is 1.68. The lowest BCUT2D eigenvalue weighted by Crippen LogP contribution is -1.91. The van der Waals surface area contributed by atoms with Crippen molar-refractivity contribution in [2.45, 2.75) is 0 Å². The third-order valence-electron chi connectivity index (χ3n) is 3.34. The van der Waals surface area contributed by atoms with Gasteiger partial charge in [0.15, 0.2) is 11.3 Å². The smallest absolute Gasteiger partial charge is 0.167 e. The van der Waals surface area contributed by atoms with Crippen molar-refractivity contribution in [3.05, 3.63) is 72.1 Å². The largest absolute Gasteiger partial charge is 0.386 e. The highest BCUT2D eigenvalue weighted by Crippen LogP contribution is 2.33. The average Bonchev–Trinajstić information content (AvgIpc) is 2.90. The first kappa shape index (κ1) is 12.8. The molecular formula is C16H11N3O2S. The molecular weight excluding hydrogens is 298 g/mol. The van der Waals surface area contributed by atoms with E-state index in [-0.39, 0.29) is 0 Å². The first-order chi connectivity index (χ1) is 10.9. The standard InChI is InChI=1S/C16H11N3O2S/c1-3-7-15-11(5-1)9-14(18-22-21-15)13-10-17-19-20-16-8-4-2-6-12(13)16/h1-10,18H. The second-order valence-corrected chi connectivity index (χ2v) is 5.23. The molecule has 108 valence electrons. The van der Waals surface area contributed by atoms with E-state index in [4.69, 9.17) is 8.69 Å². The Hall–Kier alpha value is -2.86. The zero-order valence-electron chi connectivity index (χ0n) is 11.4. The molecule has 1 aliphatic rings. The third kappa shape index (κ3) is 2.29. The highest BCUT2D eigenvalue weighted by molar-refractivity contribution is 6.96. The van der Waals surface area contributed by atoms with Crippen LogP contribution in [0.1, 0.15) is 11.3 Å². The minimum atomic E-state index is 0.668. The lowest BCUT2D eigenvalue weighted by atomic mass is 10.0. The van der Waals surface area contributed by atoms with Crippen LogP contribution in [-0.4, -0.2) is 4.37 Å². The fraction of sp³-hybridized carbons (Fsp3) is 0. The highest BCUT2D eigenvalue weighted by Gasteiger charge is 2.14. The SMILES string of the molecule is C1=C(c2cc3ccccc3os[nH]2)c2ccccc2ON=N1. The van der Waals surface area contributed by atoms with Crippen molar-refractivity contribution in [1.29, 1.82) is 0 Å². The number of aromatic nitrogens is 1. The summed E-state index contributed by atoms with van der Waals surface area (Å²) in [6, 6.07) is 17.6. The van der Waals surface area contributed by atoms with E-state index < -0.39 is 0 Å². The van der Waals surface area contributed by atoms with E-state index >= 15 is 0 Å². The van der Waals surface area contributed by atoms with Crippen LogP contribution in [0.15, 0.2) is 75.0 Å². The molecule has 0 spiro atoms. The Balaban J connectivity index is 1.96. The lowest BCUT2D eigenvalue weighted by Gasteiger charge is -2.06. The van der Waals surface area contributed by atoms with Crippen LogP contribution in [0.2, 0.25) is 0 Å². The topological polar surface area (TPSA) is 62.9 Å². The monoisotopic (exact) mass is 309 g/mol. The molecule has 1 aliphatic heterocycles. The summed E-state index contributed by atoms with van der Waals surface area (Å²) >= 11 is 1.17. The molecule has 0 atom stereocenters. The van der Waals surface area contributed by atoms with Crippen LogP contribution in [0.5, 0.6) is 5.75 Å². The molecule has 22 heavy (non-hydrogen) atoms. The number of fused-ring (bicyclic) bond motifs is 2. The molecule has 0 aliphatic carbocycles. The van der Waals surface area contributed by atoms with Crippen molar-refractivity contribution in [1.82, 2.24) is 4.37 Å². The van der Waals surface area contributed by atoms with E-state index in [0.29, 0.717) is 5.75 Å². The summed E-state index contributed by atoms with van der Waals surface area (Å²) in [7, 11) is 0. The molecule has 4 rings (SSSR count). The van der Waals surface area contributed by atoms with E-state index in [2.05, 4.69) is 14.8 Å². The fourth-order valence-electron chi connectivity index (χ4n) is 2.31. The van der Waals surface area contributed by atoms with Gasteiger partial charge >= 0.3 is 0 Å². The minimum Gasteiger partial charge on any atom is -0.386 e. The van der Waals surface area contributed by atoms with Crippen LogP contribution >= 0.6 is 11.8 Å². The van der Waals surface area contributed by atoms with Crippen molar-refractivity contribution >= 4 is 28.4 Å². The average molecular weight is 309 g/mol. The number of nitrogens with zero attached hydrogens (tertiary/aromatic N) is 2. The molecule has 0 radical (unpaired) electrons. The van der Waals surface area contributed by atoms with Crippen molar-refractivity contribution < 1.29 is 8.69 Å². The molecule has 1 aromatic heterocycles. The molecule has 0 bridgehead atoms. The van der Waals surface area contributed by atoms with Crippen LogP contribution < -0.4 is 4.84 Å². The first-order valence-electron chi connectivity index (χ1n) is 6.69. The summed E-state index contributed by atoms with van der Waals surface area (Å²) in [6.45, 7) is 0. The van der Waals surface area contributed by atoms with Crippen molar-refractivity contribution in [3.63, 3.8) is 0 Å². The number of aromatic amines is 1. The molecule has 0 saturated heterocycles. The summed E-state index contributed by atoms with van der Waals surface area (Å²) in [5.41, 5.74) is 3.51. The van der Waals surface area contributed by atoms with Crippen molar-refractivity contribution in [2.75, 3.05) is 0 Å². The van der Waals surface area contributed by atoms with Gasteiger partial charge in [-0.05, 0) is 18.2 Å². The Bertz CT molecular complexity index is 931. The lowest BCUT2D eigenvalue weighted by molar-refractivity contribution is 0.313. The molecule has 0 fully saturated rings. The second kappa shape index (κ2) is 5.50. The summed E-state index contributed by atoms with van der Waals surface area (Å²) in [5, 5.41) is 8.61. The van der Waals surface area contributed by atoms with Gasteiger partial charge in [-0.2, -0.15) is 0 Å². The maximum absolute atomic E-state index is 5.63. The Kier molecular flexibility index (Phi) is 3.21.